The summed E-state index contributed by atoms with van der Waals surface area (Å²) in [5, 5.41) is 5.58. The summed E-state index contributed by atoms with van der Waals surface area (Å²) in [4.78, 5) is 25.5. The molecule has 0 aliphatic rings. The summed E-state index contributed by atoms with van der Waals surface area (Å²) in [6.45, 7) is 2.78. The van der Waals surface area contributed by atoms with E-state index in [1.54, 1.807) is 42.6 Å². The van der Waals surface area contributed by atoms with Gasteiger partial charge < -0.3 is 15.8 Å². The molecule has 2 amide bonds. The van der Waals surface area contributed by atoms with Crippen molar-refractivity contribution in [2.75, 3.05) is 25.5 Å². The Bertz CT molecular complexity index is 733. The Balaban J connectivity index is 1.83. The Labute approximate surface area is 155 Å². The smallest absolute Gasteiger partial charge is 0.251 e. The number of primary amides is 1. The quantitative estimate of drug-likeness (QED) is 0.736. The molecule has 1 heterocycles. The molecule has 6 nitrogen and oxygen atoms in total. The first-order valence-electron chi connectivity index (χ1n) is 7.65. The number of benzene rings is 1. The standard InChI is InChI=1S/C17H20ClN3O3S/c1-11(16(23)20-17-14(15(19)22)7-10-25-17)21(2)8-9-24-13-5-3-12(18)4-6-13/h3-7,10-11H,8-9H2,1-2H3,(H2,19,22)(H,20,23). The van der Waals surface area contributed by atoms with Crippen LogP contribution in [-0.4, -0.2) is 43.0 Å². The lowest BCUT2D eigenvalue weighted by Gasteiger charge is -2.23. The molecule has 8 heteroatoms. The van der Waals surface area contributed by atoms with Gasteiger partial charge in [0.05, 0.1) is 11.6 Å². The molecule has 3 N–H and O–H groups in total. The van der Waals surface area contributed by atoms with E-state index < -0.39 is 11.9 Å². The van der Waals surface area contributed by atoms with Crippen LogP contribution in [0.5, 0.6) is 5.75 Å². The van der Waals surface area contributed by atoms with E-state index in [1.165, 1.54) is 11.3 Å². The molecule has 0 aliphatic heterocycles. The Morgan fingerprint density at radius 1 is 1.32 bits per heavy atom. The van der Waals surface area contributed by atoms with Crippen LogP contribution < -0.4 is 15.8 Å². The summed E-state index contributed by atoms with van der Waals surface area (Å²) < 4.78 is 5.63. The van der Waals surface area contributed by atoms with Gasteiger partial charge in [-0.25, -0.2) is 0 Å². The van der Waals surface area contributed by atoms with E-state index in [4.69, 9.17) is 22.1 Å². The second-order valence-corrected chi connectivity index (χ2v) is 6.83. The molecule has 0 saturated heterocycles. The third-order valence-electron chi connectivity index (χ3n) is 3.73. The van der Waals surface area contributed by atoms with Gasteiger partial charge in [0.1, 0.15) is 17.4 Å². The zero-order valence-corrected chi connectivity index (χ0v) is 15.6. The molecule has 1 atom stereocenters. The van der Waals surface area contributed by atoms with Crippen LogP contribution in [0.1, 0.15) is 17.3 Å². The van der Waals surface area contributed by atoms with Crippen LogP contribution in [0.25, 0.3) is 0 Å². The minimum atomic E-state index is -0.561. The van der Waals surface area contributed by atoms with E-state index in [9.17, 15) is 9.59 Å². The van der Waals surface area contributed by atoms with E-state index in [1.807, 2.05) is 11.9 Å². The molecule has 25 heavy (non-hydrogen) atoms. The topological polar surface area (TPSA) is 84.7 Å². The van der Waals surface area contributed by atoms with Crippen LogP contribution in [-0.2, 0) is 4.79 Å². The van der Waals surface area contributed by atoms with Gasteiger partial charge in [0, 0.05) is 11.6 Å². The normalized spacial score (nSPS) is 12.0. The predicted molar refractivity (Wildman–Crippen MR) is 101 cm³/mol. The molecule has 0 fully saturated rings. The van der Waals surface area contributed by atoms with Crippen molar-refractivity contribution >= 4 is 39.8 Å². The summed E-state index contributed by atoms with van der Waals surface area (Å²) in [5.41, 5.74) is 5.60. The Morgan fingerprint density at radius 3 is 2.64 bits per heavy atom. The van der Waals surface area contributed by atoms with Crippen LogP contribution in [0.15, 0.2) is 35.7 Å². The van der Waals surface area contributed by atoms with Crippen molar-refractivity contribution in [1.29, 1.82) is 0 Å². The number of hydrogen-bond donors (Lipinski definition) is 2. The van der Waals surface area contributed by atoms with Crippen molar-refractivity contribution in [2.24, 2.45) is 5.73 Å². The van der Waals surface area contributed by atoms with Gasteiger partial charge in [-0.1, -0.05) is 11.6 Å². The minimum absolute atomic E-state index is 0.209. The molecule has 1 unspecified atom stereocenters. The fourth-order valence-corrected chi connectivity index (χ4v) is 2.97. The average molecular weight is 382 g/mol. The first-order valence-corrected chi connectivity index (χ1v) is 8.91. The van der Waals surface area contributed by atoms with Crippen LogP contribution in [0, 0.1) is 0 Å². The van der Waals surface area contributed by atoms with E-state index in [-0.39, 0.29) is 5.91 Å². The number of anilines is 1. The number of likely N-dealkylation sites (N-methyl/N-ethyl adjacent to an activating group) is 1. The summed E-state index contributed by atoms with van der Waals surface area (Å²) in [6.07, 6.45) is 0. The Morgan fingerprint density at radius 2 is 2.00 bits per heavy atom. The van der Waals surface area contributed by atoms with Crippen LogP contribution in [0.4, 0.5) is 5.00 Å². The second-order valence-electron chi connectivity index (χ2n) is 5.48. The van der Waals surface area contributed by atoms with E-state index in [0.717, 1.165) is 5.75 Å². The van der Waals surface area contributed by atoms with E-state index >= 15 is 0 Å². The molecule has 0 saturated carbocycles. The lowest BCUT2D eigenvalue weighted by molar-refractivity contribution is -0.120. The SMILES string of the molecule is CC(C(=O)Nc1sccc1C(N)=O)N(C)CCOc1ccc(Cl)cc1. The first kappa shape index (κ1) is 19.2. The first-order chi connectivity index (χ1) is 11.9. The number of ether oxygens (including phenoxy) is 1. The van der Waals surface area contributed by atoms with Crippen molar-refractivity contribution in [3.8, 4) is 5.75 Å². The summed E-state index contributed by atoms with van der Waals surface area (Å²) >= 11 is 7.09. The molecule has 0 spiro atoms. The number of amides is 2. The number of nitrogens with one attached hydrogen (secondary N) is 1. The fourth-order valence-electron chi connectivity index (χ4n) is 2.05. The van der Waals surface area contributed by atoms with Crippen LogP contribution in [0.3, 0.4) is 0 Å². The zero-order chi connectivity index (χ0) is 18.4. The maximum Gasteiger partial charge on any atom is 0.251 e. The molecular formula is C17H20ClN3O3S. The molecule has 0 bridgehead atoms. The highest BCUT2D eigenvalue weighted by molar-refractivity contribution is 7.14. The third kappa shape index (κ3) is 5.45. The van der Waals surface area contributed by atoms with Crippen molar-refractivity contribution in [2.45, 2.75) is 13.0 Å². The Kier molecular flexibility index (Phi) is 6.81. The lowest BCUT2D eigenvalue weighted by atomic mass is 10.2. The number of carbonyl (C=O) groups excluding carboxylic acids is 2. The van der Waals surface area contributed by atoms with Gasteiger partial charge in [-0.2, -0.15) is 0 Å². The second kappa shape index (κ2) is 8.84. The molecule has 0 aliphatic carbocycles. The van der Waals surface area contributed by atoms with Gasteiger partial charge in [-0.3, -0.25) is 14.5 Å². The van der Waals surface area contributed by atoms with Gasteiger partial charge in [-0.05, 0) is 49.7 Å². The van der Waals surface area contributed by atoms with E-state index in [0.29, 0.717) is 28.7 Å². The number of nitrogens with two attached hydrogens (primary N) is 1. The summed E-state index contributed by atoms with van der Waals surface area (Å²) in [5.74, 6) is -0.0487. The summed E-state index contributed by atoms with van der Waals surface area (Å²) in [6, 6.07) is 8.30. The molecule has 1 aromatic heterocycles. The highest BCUT2D eigenvalue weighted by Gasteiger charge is 2.20. The Hall–Kier alpha value is -2.09. The van der Waals surface area contributed by atoms with Crippen LogP contribution >= 0.6 is 22.9 Å². The molecule has 1 aromatic carbocycles. The van der Waals surface area contributed by atoms with E-state index in [2.05, 4.69) is 5.32 Å². The number of halogens is 1. The highest BCUT2D eigenvalue weighted by Crippen LogP contribution is 2.23. The molecule has 2 rings (SSSR count). The fraction of sp³-hybridized carbons (Fsp3) is 0.294. The number of thiophene rings is 1. The monoisotopic (exact) mass is 381 g/mol. The number of hydrogen-bond acceptors (Lipinski definition) is 5. The van der Waals surface area contributed by atoms with Gasteiger partial charge in [0.25, 0.3) is 5.91 Å². The van der Waals surface area contributed by atoms with Crippen LogP contribution in [0.2, 0.25) is 5.02 Å². The average Bonchev–Trinajstić information content (AvgIpc) is 3.04. The van der Waals surface area contributed by atoms with Crippen molar-refractivity contribution in [3.63, 3.8) is 0 Å². The van der Waals surface area contributed by atoms with Gasteiger partial charge in [0.2, 0.25) is 5.91 Å². The lowest BCUT2D eigenvalue weighted by Crippen LogP contribution is -2.41. The number of carbonyl (C=O) groups is 2. The molecule has 0 radical (unpaired) electrons. The maximum absolute atomic E-state index is 12.3. The third-order valence-corrected chi connectivity index (χ3v) is 4.82. The van der Waals surface area contributed by atoms with Crippen molar-refractivity contribution in [3.05, 3.63) is 46.3 Å². The molecule has 134 valence electrons. The summed E-state index contributed by atoms with van der Waals surface area (Å²) in [7, 11) is 1.83. The van der Waals surface area contributed by atoms with Gasteiger partial charge in [0.15, 0.2) is 0 Å². The zero-order valence-electron chi connectivity index (χ0n) is 14.0. The largest absolute Gasteiger partial charge is 0.492 e. The molecule has 2 aromatic rings. The number of nitrogens with zero attached hydrogens (tertiary/aromatic N) is 1. The predicted octanol–water partition coefficient (Wildman–Crippen LogP) is 2.84. The van der Waals surface area contributed by atoms with Gasteiger partial charge in [-0.15, -0.1) is 11.3 Å². The van der Waals surface area contributed by atoms with Crippen molar-refractivity contribution in [1.82, 2.24) is 4.90 Å². The maximum atomic E-state index is 12.3. The molecular weight excluding hydrogens is 362 g/mol. The minimum Gasteiger partial charge on any atom is -0.492 e. The van der Waals surface area contributed by atoms with Gasteiger partial charge >= 0.3 is 0 Å². The van der Waals surface area contributed by atoms with Crippen molar-refractivity contribution < 1.29 is 14.3 Å². The number of rotatable bonds is 8. The highest BCUT2D eigenvalue weighted by atomic mass is 35.5.